The molecule has 1 saturated carbocycles. The van der Waals surface area contributed by atoms with Crippen LogP contribution in [0.3, 0.4) is 0 Å². The molecule has 20 heavy (non-hydrogen) atoms. The maximum atomic E-state index is 11.5. The minimum atomic E-state index is -0.886. The molecule has 0 amide bonds. The Morgan fingerprint density at radius 1 is 1.35 bits per heavy atom. The van der Waals surface area contributed by atoms with Crippen LogP contribution in [-0.2, 0) is 0 Å². The minimum Gasteiger partial charge on any atom is -0.477 e. The first kappa shape index (κ1) is 11.7. The number of benzene rings is 1. The van der Waals surface area contributed by atoms with Gasteiger partial charge in [-0.1, -0.05) is 18.2 Å². The second kappa shape index (κ2) is 4.18. The van der Waals surface area contributed by atoms with E-state index in [1.165, 1.54) is 24.2 Å². The highest BCUT2D eigenvalue weighted by atomic mass is 32.1. The van der Waals surface area contributed by atoms with Crippen LogP contribution in [0.4, 0.5) is 0 Å². The van der Waals surface area contributed by atoms with Crippen molar-refractivity contribution in [1.82, 2.24) is 9.55 Å². The Labute approximate surface area is 119 Å². The summed E-state index contributed by atoms with van der Waals surface area (Å²) in [7, 11) is 0. The van der Waals surface area contributed by atoms with Crippen molar-refractivity contribution in [2.45, 2.75) is 18.8 Å². The summed E-state index contributed by atoms with van der Waals surface area (Å²) in [6.07, 6.45) is 6.08. The second-order valence-electron chi connectivity index (χ2n) is 5.06. The summed E-state index contributed by atoms with van der Waals surface area (Å²) in [4.78, 5) is 16.3. The summed E-state index contributed by atoms with van der Waals surface area (Å²) in [5, 5.41) is 10.4. The summed E-state index contributed by atoms with van der Waals surface area (Å²) in [6.45, 7) is 0. The first-order chi connectivity index (χ1) is 9.74. The number of aromatic nitrogens is 2. The molecule has 2 aromatic heterocycles. The number of imidazole rings is 1. The van der Waals surface area contributed by atoms with Crippen molar-refractivity contribution in [3.05, 3.63) is 47.4 Å². The number of carboxylic acid groups (broad SMARTS) is 1. The van der Waals surface area contributed by atoms with Crippen molar-refractivity contribution in [2.75, 3.05) is 0 Å². The van der Waals surface area contributed by atoms with Gasteiger partial charge in [0.2, 0.25) is 0 Å². The van der Waals surface area contributed by atoms with Gasteiger partial charge in [0.05, 0.1) is 17.7 Å². The van der Waals surface area contributed by atoms with E-state index in [1.807, 2.05) is 35.0 Å². The molecule has 1 aliphatic carbocycles. The Balaban J connectivity index is 1.95. The van der Waals surface area contributed by atoms with Gasteiger partial charge in [-0.05, 0) is 18.9 Å². The zero-order valence-corrected chi connectivity index (χ0v) is 11.4. The Morgan fingerprint density at radius 3 is 2.90 bits per heavy atom. The Morgan fingerprint density at radius 2 is 2.15 bits per heavy atom. The lowest BCUT2D eigenvalue weighted by Crippen LogP contribution is -2.00. The molecule has 0 spiro atoms. The molecule has 1 fully saturated rings. The molecule has 3 aromatic rings. The molecule has 1 N–H and O–H groups in total. The van der Waals surface area contributed by atoms with Gasteiger partial charge in [-0.2, -0.15) is 0 Å². The Kier molecular flexibility index (Phi) is 2.44. The van der Waals surface area contributed by atoms with Crippen molar-refractivity contribution >= 4 is 27.4 Å². The number of carboxylic acids is 1. The number of fused-ring (bicyclic) bond motifs is 1. The average Bonchev–Trinajstić information content (AvgIpc) is 3.05. The van der Waals surface area contributed by atoms with E-state index in [0.29, 0.717) is 10.8 Å². The quantitative estimate of drug-likeness (QED) is 0.798. The van der Waals surface area contributed by atoms with Gasteiger partial charge >= 0.3 is 5.97 Å². The van der Waals surface area contributed by atoms with Crippen LogP contribution in [0.5, 0.6) is 0 Å². The number of aromatic carboxylic acids is 1. The van der Waals surface area contributed by atoms with Crippen molar-refractivity contribution in [2.24, 2.45) is 0 Å². The van der Waals surface area contributed by atoms with Crippen LogP contribution in [0.1, 0.15) is 34.1 Å². The van der Waals surface area contributed by atoms with Crippen molar-refractivity contribution in [1.29, 1.82) is 0 Å². The standard InChI is InChI=1S/C15H12N2O2S/c18-15(19)14-13(10-3-1-2-4-12(10)20-14)17-7-11(16-8-17)9-5-6-9/h1-4,7-9H,5-6H2,(H,18,19). The maximum absolute atomic E-state index is 11.5. The van der Waals surface area contributed by atoms with E-state index in [4.69, 9.17) is 0 Å². The van der Waals surface area contributed by atoms with Crippen LogP contribution < -0.4 is 0 Å². The summed E-state index contributed by atoms with van der Waals surface area (Å²) < 4.78 is 2.84. The molecule has 0 unspecified atom stereocenters. The first-order valence-electron chi connectivity index (χ1n) is 6.53. The maximum Gasteiger partial charge on any atom is 0.348 e. The fourth-order valence-corrected chi connectivity index (χ4v) is 3.52. The topological polar surface area (TPSA) is 55.1 Å². The fourth-order valence-electron chi connectivity index (χ4n) is 2.48. The smallest absolute Gasteiger partial charge is 0.348 e. The lowest BCUT2D eigenvalue weighted by Gasteiger charge is -2.02. The largest absolute Gasteiger partial charge is 0.477 e. The van der Waals surface area contributed by atoms with Crippen LogP contribution >= 0.6 is 11.3 Å². The van der Waals surface area contributed by atoms with Crippen LogP contribution in [0.2, 0.25) is 0 Å². The van der Waals surface area contributed by atoms with Crippen molar-refractivity contribution < 1.29 is 9.90 Å². The highest BCUT2D eigenvalue weighted by molar-refractivity contribution is 7.21. The SMILES string of the molecule is O=C(O)c1sc2ccccc2c1-n1cnc(C2CC2)c1. The van der Waals surface area contributed by atoms with E-state index in [-0.39, 0.29) is 0 Å². The zero-order chi connectivity index (χ0) is 13.7. The monoisotopic (exact) mass is 284 g/mol. The van der Waals surface area contributed by atoms with Gasteiger partial charge in [0.1, 0.15) is 4.88 Å². The molecule has 5 heteroatoms. The van der Waals surface area contributed by atoms with E-state index < -0.39 is 5.97 Å². The van der Waals surface area contributed by atoms with Crippen LogP contribution in [-0.4, -0.2) is 20.6 Å². The van der Waals surface area contributed by atoms with Crippen molar-refractivity contribution in [3.8, 4) is 5.69 Å². The number of thiophene rings is 1. The third kappa shape index (κ3) is 1.74. The molecule has 2 heterocycles. The number of hydrogen-bond acceptors (Lipinski definition) is 3. The fraction of sp³-hybridized carbons (Fsp3) is 0.200. The summed E-state index contributed by atoms with van der Waals surface area (Å²) >= 11 is 1.31. The molecule has 0 atom stereocenters. The summed E-state index contributed by atoms with van der Waals surface area (Å²) in [5.74, 6) is -0.322. The van der Waals surface area contributed by atoms with Gasteiger partial charge in [0, 0.05) is 22.2 Å². The van der Waals surface area contributed by atoms with Gasteiger partial charge in [-0.3, -0.25) is 0 Å². The molecule has 4 nitrogen and oxygen atoms in total. The Hall–Kier alpha value is -2.14. The molecule has 0 saturated heterocycles. The number of hydrogen-bond donors (Lipinski definition) is 1. The molecule has 4 rings (SSSR count). The molecule has 0 radical (unpaired) electrons. The van der Waals surface area contributed by atoms with E-state index in [9.17, 15) is 9.90 Å². The zero-order valence-electron chi connectivity index (χ0n) is 10.6. The second-order valence-corrected chi connectivity index (χ2v) is 6.11. The summed E-state index contributed by atoms with van der Waals surface area (Å²) in [5.41, 5.74) is 1.80. The molecule has 0 aliphatic heterocycles. The lowest BCUT2D eigenvalue weighted by atomic mass is 10.2. The number of rotatable bonds is 3. The predicted molar refractivity (Wildman–Crippen MR) is 77.9 cm³/mol. The number of carbonyl (C=O) groups is 1. The molecule has 0 bridgehead atoms. The highest BCUT2D eigenvalue weighted by Gasteiger charge is 2.27. The van der Waals surface area contributed by atoms with Crippen molar-refractivity contribution in [3.63, 3.8) is 0 Å². The molecule has 1 aromatic carbocycles. The van der Waals surface area contributed by atoms with E-state index in [0.717, 1.165) is 21.5 Å². The highest BCUT2D eigenvalue weighted by Crippen LogP contribution is 2.40. The Bertz CT molecular complexity index is 814. The van der Waals surface area contributed by atoms with E-state index in [2.05, 4.69) is 4.98 Å². The van der Waals surface area contributed by atoms with E-state index in [1.54, 1.807) is 6.33 Å². The summed E-state index contributed by atoms with van der Waals surface area (Å²) in [6, 6.07) is 7.78. The van der Waals surface area contributed by atoms with Gasteiger partial charge < -0.3 is 9.67 Å². The molecular formula is C15H12N2O2S. The normalized spacial score (nSPS) is 14.8. The molecule has 100 valence electrons. The van der Waals surface area contributed by atoms with Gasteiger partial charge in [0.25, 0.3) is 0 Å². The average molecular weight is 284 g/mol. The van der Waals surface area contributed by atoms with Gasteiger partial charge in [-0.25, -0.2) is 9.78 Å². The molecule has 1 aliphatic rings. The first-order valence-corrected chi connectivity index (χ1v) is 7.35. The lowest BCUT2D eigenvalue weighted by molar-refractivity contribution is 0.0702. The van der Waals surface area contributed by atoms with Crippen LogP contribution in [0, 0.1) is 0 Å². The third-order valence-electron chi connectivity index (χ3n) is 3.62. The van der Waals surface area contributed by atoms with Crippen LogP contribution in [0.15, 0.2) is 36.8 Å². The predicted octanol–water partition coefficient (Wildman–Crippen LogP) is 3.66. The van der Waals surface area contributed by atoms with Gasteiger partial charge in [-0.15, -0.1) is 11.3 Å². The van der Waals surface area contributed by atoms with Crippen LogP contribution in [0.25, 0.3) is 15.8 Å². The number of nitrogens with zero attached hydrogens (tertiary/aromatic N) is 2. The van der Waals surface area contributed by atoms with Gasteiger partial charge in [0.15, 0.2) is 0 Å². The van der Waals surface area contributed by atoms with E-state index >= 15 is 0 Å². The molecular weight excluding hydrogens is 272 g/mol. The minimum absolute atomic E-state index is 0.367. The third-order valence-corrected chi connectivity index (χ3v) is 4.77.